The average Bonchev–Trinajstić information content (AvgIpc) is 3.16. The van der Waals surface area contributed by atoms with Crippen LogP contribution in [0.5, 0.6) is 0 Å². The minimum atomic E-state index is -0.635. The summed E-state index contributed by atoms with van der Waals surface area (Å²) in [4.78, 5) is 31.0. The van der Waals surface area contributed by atoms with Crippen LogP contribution in [0.3, 0.4) is 0 Å². The third-order valence-electron chi connectivity index (χ3n) is 5.40. The fourth-order valence-electron chi connectivity index (χ4n) is 3.88. The van der Waals surface area contributed by atoms with E-state index in [0.29, 0.717) is 24.2 Å². The summed E-state index contributed by atoms with van der Waals surface area (Å²) in [6, 6.07) is 14.1. The van der Waals surface area contributed by atoms with Crippen molar-refractivity contribution in [3.8, 4) is 0 Å². The molecule has 0 atom stereocenters. The summed E-state index contributed by atoms with van der Waals surface area (Å²) < 4.78 is 5.84. The van der Waals surface area contributed by atoms with E-state index in [1.807, 2.05) is 56.3 Å². The van der Waals surface area contributed by atoms with Gasteiger partial charge in [-0.15, -0.1) is 0 Å². The molecule has 2 aromatic carbocycles. The standard InChI is InChI=1S/C23H26N4O3/c1-15-11-16(2)13-18(12-15)25-22(29)21(28)24-14-17-7-9-27(10-8-17)23-26-19-5-3-4-6-20(19)30-23/h3-6,11-13,17H,7-10,14H2,1-2H3,(H,24,28)(H,25,29). The number of amides is 2. The first kappa shape index (κ1) is 19.9. The minimum absolute atomic E-state index is 0.323. The number of carbonyl (C=O) groups is 2. The molecule has 0 radical (unpaired) electrons. The zero-order valence-electron chi connectivity index (χ0n) is 17.3. The molecular formula is C23H26N4O3. The normalized spacial score (nSPS) is 14.7. The Hall–Kier alpha value is -3.35. The number of oxazole rings is 1. The van der Waals surface area contributed by atoms with Crippen molar-refractivity contribution in [3.05, 3.63) is 53.6 Å². The molecular weight excluding hydrogens is 380 g/mol. The lowest BCUT2D eigenvalue weighted by molar-refractivity contribution is -0.136. The number of fused-ring (bicyclic) bond motifs is 1. The highest BCUT2D eigenvalue weighted by Gasteiger charge is 2.24. The Balaban J connectivity index is 1.25. The molecule has 156 valence electrons. The second kappa shape index (κ2) is 8.57. The number of hydrogen-bond acceptors (Lipinski definition) is 5. The fourth-order valence-corrected chi connectivity index (χ4v) is 3.88. The highest BCUT2D eigenvalue weighted by Crippen LogP contribution is 2.26. The number of aromatic nitrogens is 1. The number of hydrogen-bond donors (Lipinski definition) is 2. The van der Waals surface area contributed by atoms with Gasteiger partial charge in [0.05, 0.1) is 0 Å². The summed E-state index contributed by atoms with van der Waals surface area (Å²) in [5.41, 5.74) is 4.36. The summed E-state index contributed by atoms with van der Waals surface area (Å²) >= 11 is 0. The van der Waals surface area contributed by atoms with E-state index in [0.717, 1.165) is 48.2 Å². The van der Waals surface area contributed by atoms with Crippen LogP contribution >= 0.6 is 0 Å². The first-order valence-electron chi connectivity index (χ1n) is 10.3. The Morgan fingerprint density at radius 1 is 1.07 bits per heavy atom. The van der Waals surface area contributed by atoms with Crippen molar-refractivity contribution in [1.29, 1.82) is 0 Å². The van der Waals surface area contributed by atoms with Crippen LogP contribution < -0.4 is 15.5 Å². The van der Waals surface area contributed by atoms with Crippen molar-refractivity contribution in [2.45, 2.75) is 26.7 Å². The van der Waals surface area contributed by atoms with Gasteiger partial charge in [0.15, 0.2) is 5.58 Å². The number of nitrogens with zero attached hydrogens (tertiary/aromatic N) is 2. The molecule has 0 aliphatic carbocycles. The van der Waals surface area contributed by atoms with E-state index in [1.165, 1.54) is 0 Å². The zero-order valence-corrected chi connectivity index (χ0v) is 17.3. The predicted octanol–water partition coefficient (Wildman–Crippen LogP) is 3.42. The Kier molecular flexibility index (Phi) is 5.70. The molecule has 0 spiro atoms. The van der Waals surface area contributed by atoms with Crippen LogP contribution in [-0.4, -0.2) is 36.4 Å². The number of benzene rings is 2. The van der Waals surface area contributed by atoms with E-state index in [-0.39, 0.29) is 0 Å². The monoisotopic (exact) mass is 406 g/mol. The molecule has 2 amide bonds. The number of aryl methyl sites for hydroxylation is 2. The Morgan fingerprint density at radius 3 is 2.47 bits per heavy atom. The number of carbonyl (C=O) groups excluding carboxylic acids is 2. The van der Waals surface area contributed by atoms with E-state index >= 15 is 0 Å². The second-order valence-corrected chi connectivity index (χ2v) is 7.94. The highest BCUT2D eigenvalue weighted by molar-refractivity contribution is 6.39. The molecule has 4 rings (SSSR count). The van der Waals surface area contributed by atoms with E-state index in [9.17, 15) is 9.59 Å². The van der Waals surface area contributed by atoms with Gasteiger partial charge in [-0.1, -0.05) is 18.2 Å². The molecule has 1 aliphatic heterocycles. The van der Waals surface area contributed by atoms with E-state index in [2.05, 4.69) is 20.5 Å². The topological polar surface area (TPSA) is 87.5 Å². The van der Waals surface area contributed by atoms with Crippen LogP contribution in [0.4, 0.5) is 11.7 Å². The lowest BCUT2D eigenvalue weighted by Crippen LogP contribution is -2.42. The first-order chi connectivity index (χ1) is 14.5. The fraction of sp³-hybridized carbons (Fsp3) is 0.348. The van der Waals surface area contributed by atoms with Gasteiger partial charge in [0.1, 0.15) is 5.52 Å². The van der Waals surface area contributed by atoms with Gasteiger partial charge in [-0.25, -0.2) is 0 Å². The predicted molar refractivity (Wildman–Crippen MR) is 117 cm³/mol. The third-order valence-corrected chi connectivity index (χ3v) is 5.40. The van der Waals surface area contributed by atoms with Crippen LogP contribution in [0.2, 0.25) is 0 Å². The van der Waals surface area contributed by atoms with E-state index < -0.39 is 11.8 Å². The Labute approximate surface area is 175 Å². The number of piperidine rings is 1. The first-order valence-corrected chi connectivity index (χ1v) is 10.3. The van der Waals surface area contributed by atoms with Crippen molar-refractivity contribution in [3.63, 3.8) is 0 Å². The van der Waals surface area contributed by atoms with Crippen LogP contribution in [0, 0.1) is 19.8 Å². The molecule has 2 N–H and O–H groups in total. The maximum absolute atomic E-state index is 12.2. The molecule has 1 aromatic heterocycles. The second-order valence-electron chi connectivity index (χ2n) is 7.94. The van der Waals surface area contributed by atoms with E-state index in [4.69, 9.17) is 4.42 Å². The molecule has 0 saturated carbocycles. The molecule has 1 aliphatic rings. The van der Waals surface area contributed by atoms with Gasteiger partial charge >= 0.3 is 11.8 Å². The maximum Gasteiger partial charge on any atom is 0.313 e. The summed E-state index contributed by atoms with van der Waals surface area (Å²) in [6.45, 7) is 6.01. The molecule has 30 heavy (non-hydrogen) atoms. The van der Waals surface area contributed by atoms with Crippen LogP contribution in [-0.2, 0) is 9.59 Å². The third kappa shape index (κ3) is 4.62. The number of anilines is 2. The van der Waals surface area contributed by atoms with Gasteiger partial charge in [0, 0.05) is 25.3 Å². The van der Waals surface area contributed by atoms with Crippen LogP contribution in [0.15, 0.2) is 46.9 Å². The van der Waals surface area contributed by atoms with Crippen molar-refractivity contribution >= 4 is 34.6 Å². The maximum atomic E-state index is 12.2. The average molecular weight is 406 g/mol. The lowest BCUT2D eigenvalue weighted by atomic mass is 9.97. The summed E-state index contributed by atoms with van der Waals surface area (Å²) in [6.07, 6.45) is 1.80. The molecule has 3 aromatic rings. The highest BCUT2D eigenvalue weighted by atomic mass is 16.4. The van der Waals surface area contributed by atoms with Gasteiger partial charge in [0.2, 0.25) is 0 Å². The molecule has 0 bridgehead atoms. The summed E-state index contributed by atoms with van der Waals surface area (Å²) in [5.74, 6) is -0.914. The molecule has 0 unspecified atom stereocenters. The Morgan fingerprint density at radius 2 is 1.77 bits per heavy atom. The molecule has 7 nitrogen and oxygen atoms in total. The SMILES string of the molecule is Cc1cc(C)cc(NC(=O)C(=O)NCC2CCN(c3nc4ccccc4o3)CC2)c1. The number of para-hydroxylation sites is 2. The van der Waals surface area contributed by atoms with Crippen LogP contribution in [0.1, 0.15) is 24.0 Å². The molecule has 2 heterocycles. The largest absolute Gasteiger partial charge is 0.423 e. The zero-order chi connectivity index (χ0) is 21.1. The van der Waals surface area contributed by atoms with Gasteiger partial charge in [0.25, 0.3) is 6.01 Å². The van der Waals surface area contributed by atoms with Crippen LogP contribution in [0.25, 0.3) is 11.1 Å². The quantitative estimate of drug-likeness (QED) is 0.649. The van der Waals surface area contributed by atoms with Crippen molar-refractivity contribution in [2.24, 2.45) is 5.92 Å². The van der Waals surface area contributed by atoms with Gasteiger partial charge in [-0.2, -0.15) is 4.98 Å². The van der Waals surface area contributed by atoms with Crippen molar-refractivity contribution in [2.75, 3.05) is 29.9 Å². The smallest absolute Gasteiger partial charge is 0.313 e. The molecule has 1 saturated heterocycles. The summed E-state index contributed by atoms with van der Waals surface area (Å²) in [7, 11) is 0. The number of rotatable bonds is 4. The van der Waals surface area contributed by atoms with E-state index in [1.54, 1.807) is 0 Å². The minimum Gasteiger partial charge on any atom is -0.423 e. The van der Waals surface area contributed by atoms with Gasteiger partial charge in [-0.05, 0) is 68.0 Å². The van der Waals surface area contributed by atoms with Gasteiger partial charge in [-0.3, -0.25) is 9.59 Å². The summed E-state index contributed by atoms with van der Waals surface area (Å²) in [5, 5.41) is 5.44. The lowest BCUT2D eigenvalue weighted by Gasteiger charge is -2.30. The molecule has 1 fully saturated rings. The van der Waals surface area contributed by atoms with Crippen molar-refractivity contribution in [1.82, 2.24) is 10.3 Å². The molecule has 7 heteroatoms. The van der Waals surface area contributed by atoms with Crippen molar-refractivity contribution < 1.29 is 14.0 Å². The number of nitrogens with one attached hydrogen (secondary N) is 2. The van der Waals surface area contributed by atoms with Gasteiger partial charge < -0.3 is 20.0 Å². The Bertz CT molecular complexity index is 1010.